The molecule has 1 heterocycles. The molecule has 0 atom stereocenters. The van der Waals surface area contributed by atoms with E-state index in [9.17, 15) is 9.59 Å². The van der Waals surface area contributed by atoms with Crippen LogP contribution in [0.25, 0.3) is 10.9 Å². The number of ketones is 1. The number of nitrogens with one attached hydrogen (secondary N) is 1. The molecule has 5 heteroatoms. The Hall–Kier alpha value is -2.79. The van der Waals surface area contributed by atoms with E-state index in [2.05, 4.69) is 26.2 Å². The molecule has 1 aromatic heterocycles. The van der Waals surface area contributed by atoms with Crippen molar-refractivity contribution in [2.24, 2.45) is 0 Å². The topological polar surface area (TPSA) is 59.1 Å². The van der Waals surface area contributed by atoms with Crippen molar-refractivity contribution in [3.05, 3.63) is 83.0 Å². The fourth-order valence-corrected chi connectivity index (χ4v) is 2.51. The summed E-state index contributed by atoms with van der Waals surface area (Å²) in [5.41, 5.74) is 1.84. The molecule has 0 aliphatic carbocycles. The van der Waals surface area contributed by atoms with Crippen molar-refractivity contribution in [2.45, 2.75) is 0 Å². The van der Waals surface area contributed by atoms with Crippen LogP contribution in [0.3, 0.4) is 0 Å². The second-order valence-corrected chi connectivity index (χ2v) is 5.99. The SMILES string of the molecule is O=C(/C=C/C(=O)c1ccc(Br)cc1)Nc1cccc2cccnc12. The van der Waals surface area contributed by atoms with Crippen molar-refractivity contribution < 1.29 is 9.59 Å². The van der Waals surface area contributed by atoms with E-state index in [1.807, 2.05) is 24.3 Å². The normalized spacial score (nSPS) is 10.9. The molecule has 0 bridgehead atoms. The number of allylic oxidation sites excluding steroid dienone is 1. The molecule has 0 radical (unpaired) electrons. The van der Waals surface area contributed by atoms with Crippen LogP contribution in [-0.4, -0.2) is 16.7 Å². The summed E-state index contributed by atoms with van der Waals surface area (Å²) < 4.78 is 0.893. The van der Waals surface area contributed by atoms with E-state index < -0.39 is 0 Å². The van der Waals surface area contributed by atoms with Crippen molar-refractivity contribution in [3.8, 4) is 0 Å². The lowest BCUT2D eigenvalue weighted by molar-refractivity contribution is -0.111. The Labute approximate surface area is 147 Å². The maximum atomic E-state index is 12.1. The first-order chi connectivity index (χ1) is 11.6. The van der Waals surface area contributed by atoms with Crippen LogP contribution in [0.2, 0.25) is 0 Å². The first kappa shape index (κ1) is 16.1. The van der Waals surface area contributed by atoms with Gasteiger partial charge in [0, 0.05) is 27.7 Å². The van der Waals surface area contributed by atoms with Crippen LogP contribution in [0, 0.1) is 0 Å². The van der Waals surface area contributed by atoms with Gasteiger partial charge in [-0.25, -0.2) is 0 Å². The highest BCUT2D eigenvalue weighted by Gasteiger charge is 2.06. The number of halogens is 1. The summed E-state index contributed by atoms with van der Waals surface area (Å²) in [5.74, 6) is -0.604. The van der Waals surface area contributed by atoms with Gasteiger partial charge in [-0.3, -0.25) is 14.6 Å². The standard InChI is InChI=1S/C19H13BrN2O2/c20-15-8-6-13(7-9-15)17(23)10-11-18(24)22-16-5-1-3-14-4-2-12-21-19(14)16/h1-12H,(H,22,24)/b11-10+. The minimum Gasteiger partial charge on any atom is -0.321 e. The Morgan fingerprint density at radius 3 is 2.50 bits per heavy atom. The summed E-state index contributed by atoms with van der Waals surface area (Å²) >= 11 is 3.31. The quantitative estimate of drug-likeness (QED) is 0.539. The molecule has 24 heavy (non-hydrogen) atoms. The molecule has 0 saturated carbocycles. The van der Waals surface area contributed by atoms with Crippen molar-refractivity contribution >= 4 is 44.2 Å². The molecule has 1 amide bonds. The molecule has 1 N–H and O–H groups in total. The number of amides is 1. The van der Waals surface area contributed by atoms with Gasteiger partial charge in [-0.2, -0.15) is 0 Å². The molecule has 0 aliphatic heterocycles. The summed E-state index contributed by atoms with van der Waals surface area (Å²) in [5, 5.41) is 3.69. The highest BCUT2D eigenvalue weighted by atomic mass is 79.9. The maximum absolute atomic E-state index is 12.1. The number of para-hydroxylation sites is 1. The monoisotopic (exact) mass is 380 g/mol. The van der Waals surface area contributed by atoms with E-state index in [0.29, 0.717) is 16.8 Å². The van der Waals surface area contributed by atoms with E-state index in [0.717, 1.165) is 9.86 Å². The number of carbonyl (C=O) groups excluding carboxylic acids is 2. The second kappa shape index (κ2) is 7.19. The predicted octanol–water partition coefficient (Wildman–Crippen LogP) is 4.37. The fourth-order valence-electron chi connectivity index (χ4n) is 2.24. The number of pyridine rings is 1. The van der Waals surface area contributed by atoms with Gasteiger partial charge in [0.2, 0.25) is 5.91 Å². The lowest BCUT2D eigenvalue weighted by Gasteiger charge is -2.05. The van der Waals surface area contributed by atoms with E-state index in [4.69, 9.17) is 0 Å². The molecule has 4 nitrogen and oxygen atoms in total. The summed E-state index contributed by atoms with van der Waals surface area (Å²) in [6.07, 6.45) is 4.16. The van der Waals surface area contributed by atoms with Crippen LogP contribution < -0.4 is 5.32 Å². The molecule has 0 fully saturated rings. The Morgan fingerprint density at radius 2 is 1.71 bits per heavy atom. The van der Waals surface area contributed by atoms with Gasteiger partial charge in [-0.05, 0) is 42.5 Å². The molecule has 0 spiro atoms. The molecule has 3 rings (SSSR count). The molecule has 0 saturated heterocycles. The Bertz CT molecular complexity index is 928. The largest absolute Gasteiger partial charge is 0.321 e. The number of nitrogens with zero attached hydrogens (tertiary/aromatic N) is 1. The van der Waals surface area contributed by atoms with Crippen molar-refractivity contribution in [1.29, 1.82) is 0 Å². The summed E-state index contributed by atoms with van der Waals surface area (Å²) in [4.78, 5) is 28.4. The molecular formula is C19H13BrN2O2. The minimum atomic E-state index is -0.376. The number of hydrogen-bond acceptors (Lipinski definition) is 3. The lowest BCUT2D eigenvalue weighted by atomic mass is 10.1. The summed E-state index contributed by atoms with van der Waals surface area (Å²) in [6.45, 7) is 0. The summed E-state index contributed by atoms with van der Waals surface area (Å²) in [6, 6.07) is 16.3. The average Bonchev–Trinajstić information content (AvgIpc) is 2.61. The lowest BCUT2D eigenvalue weighted by Crippen LogP contribution is -2.09. The number of anilines is 1. The maximum Gasteiger partial charge on any atom is 0.248 e. The van der Waals surface area contributed by atoms with Crippen LogP contribution in [0.15, 0.2) is 77.4 Å². The van der Waals surface area contributed by atoms with Gasteiger partial charge in [0.1, 0.15) is 0 Å². The van der Waals surface area contributed by atoms with Gasteiger partial charge < -0.3 is 5.32 Å². The van der Waals surface area contributed by atoms with Crippen molar-refractivity contribution in [3.63, 3.8) is 0 Å². The van der Waals surface area contributed by atoms with Crippen LogP contribution in [0.4, 0.5) is 5.69 Å². The Balaban J connectivity index is 1.73. The van der Waals surface area contributed by atoms with Gasteiger partial charge >= 0.3 is 0 Å². The predicted molar refractivity (Wildman–Crippen MR) is 98.0 cm³/mol. The number of aromatic nitrogens is 1. The number of benzene rings is 2. The van der Waals surface area contributed by atoms with E-state index in [1.54, 1.807) is 36.5 Å². The molecule has 3 aromatic rings. The van der Waals surface area contributed by atoms with E-state index in [1.165, 1.54) is 12.2 Å². The van der Waals surface area contributed by atoms with Crippen LogP contribution in [0.1, 0.15) is 10.4 Å². The molecule has 0 unspecified atom stereocenters. The van der Waals surface area contributed by atoms with Crippen LogP contribution in [0.5, 0.6) is 0 Å². The molecule has 0 aliphatic rings. The minimum absolute atomic E-state index is 0.228. The van der Waals surface area contributed by atoms with Gasteiger partial charge in [0.15, 0.2) is 5.78 Å². The Morgan fingerprint density at radius 1 is 0.958 bits per heavy atom. The number of rotatable bonds is 4. The summed E-state index contributed by atoms with van der Waals surface area (Å²) in [7, 11) is 0. The molecule has 2 aromatic carbocycles. The van der Waals surface area contributed by atoms with Gasteiger partial charge in [-0.1, -0.05) is 34.1 Å². The average molecular weight is 381 g/mol. The third-order valence-electron chi connectivity index (χ3n) is 3.41. The van der Waals surface area contributed by atoms with Gasteiger partial charge in [-0.15, -0.1) is 0 Å². The van der Waals surface area contributed by atoms with E-state index >= 15 is 0 Å². The number of fused-ring (bicyclic) bond motifs is 1. The highest BCUT2D eigenvalue weighted by molar-refractivity contribution is 9.10. The highest BCUT2D eigenvalue weighted by Crippen LogP contribution is 2.20. The van der Waals surface area contributed by atoms with Gasteiger partial charge in [0.05, 0.1) is 11.2 Å². The third kappa shape index (κ3) is 3.75. The first-order valence-electron chi connectivity index (χ1n) is 7.26. The van der Waals surface area contributed by atoms with Crippen molar-refractivity contribution in [2.75, 3.05) is 5.32 Å². The zero-order chi connectivity index (χ0) is 16.9. The smallest absolute Gasteiger partial charge is 0.248 e. The fraction of sp³-hybridized carbons (Fsp3) is 0. The third-order valence-corrected chi connectivity index (χ3v) is 3.93. The van der Waals surface area contributed by atoms with Crippen LogP contribution >= 0.6 is 15.9 Å². The second-order valence-electron chi connectivity index (χ2n) is 5.07. The zero-order valence-corrected chi connectivity index (χ0v) is 14.2. The van der Waals surface area contributed by atoms with Gasteiger partial charge in [0.25, 0.3) is 0 Å². The molecule has 118 valence electrons. The Kier molecular flexibility index (Phi) is 4.82. The number of carbonyl (C=O) groups is 2. The van der Waals surface area contributed by atoms with Crippen molar-refractivity contribution in [1.82, 2.24) is 4.98 Å². The van der Waals surface area contributed by atoms with Crippen LogP contribution in [-0.2, 0) is 4.79 Å². The zero-order valence-electron chi connectivity index (χ0n) is 12.6. The first-order valence-corrected chi connectivity index (χ1v) is 8.05. The van der Waals surface area contributed by atoms with E-state index in [-0.39, 0.29) is 11.7 Å². The molecular weight excluding hydrogens is 368 g/mol. The number of hydrogen-bond donors (Lipinski definition) is 1.